The van der Waals surface area contributed by atoms with Crippen LogP contribution in [0.4, 0.5) is 4.79 Å². The van der Waals surface area contributed by atoms with Crippen LogP contribution in [0, 0.1) is 0 Å². The van der Waals surface area contributed by atoms with Crippen molar-refractivity contribution in [3.05, 3.63) is 0 Å². The van der Waals surface area contributed by atoms with Crippen molar-refractivity contribution in [3.63, 3.8) is 0 Å². The average Bonchev–Trinajstić information content (AvgIpc) is 2.92. The Morgan fingerprint density at radius 1 is 1.25 bits per heavy atom. The molecule has 1 unspecified atom stereocenters. The highest BCUT2D eigenvalue weighted by Crippen LogP contribution is 2.25. The van der Waals surface area contributed by atoms with Crippen LogP contribution in [0.5, 0.6) is 0 Å². The van der Waals surface area contributed by atoms with Crippen LogP contribution < -0.4 is 0 Å². The lowest BCUT2D eigenvalue weighted by atomic mass is 10.2. The van der Waals surface area contributed by atoms with Crippen molar-refractivity contribution in [1.82, 2.24) is 14.7 Å². The molecule has 2 fully saturated rings. The molecule has 6 heteroatoms. The van der Waals surface area contributed by atoms with Crippen LogP contribution in [0.3, 0.4) is 0 Å². The minimum atomic E-state index is -0.924. The van der Waals surface area contributed by atoms with E-state index in [1.165, 1.54) is 0 Å². The molecule has 0 bridgehead atoms. The second-order valence-electron chi connectivity index (χ2n) is 6.02. The molecule has 1 heterocycles. The topological polar surface area (TPSA) is 64.1 Å². The van der Waals surface area contributed by atoms with Gasteiger partial charge >= 0.3 is 12.0 Å². The minimum Gasteiger partial charge on any atom is -0.480 e. The summed E-state index contributed by atoms with van der Waals surface area (Å²) in [6.45, 7) is 4.12. The standard InChI is InChI=1S/C14H25N3O3/c1-11-9-16(8-7-15(11)2)14(20)17(10-13(18)19)12-5-3-4-6-12/h11-12H,3-10H2,1-2H3,(H,18,19). The lowest BCUT2D eigenvalue weighted by molar-refractivity contribution is -0.138. The van der Waals surface area contributed by atoms with Crippen LogP contribution in [0.15, 0.2) is 0 Å². The molecule has 1 saturated carbocycles. The van der Waals surface area contributed by atoms with Gasteiger partial charge in [-0.05, 0) is 26.8 Å². The van der Waals surface area contributed by atoms with Crippen LogP contribution in [-0.4, -0.2) is 77.1 Å². The van der Waals surface area contributed by atoms with Gasteiger partial charge < -0.3 is 19.8 Å². The molecule has 1 atom stereocenters. The van der Waals surface area contributed by atoms with E-state index < -0.39 is 5.97 Å². The fourth-order valence-corrected chi connectivity index (χ4v) is 3.12. The number of carboxylic acids is 1. The maximum atomic E-state index is 12.6. The van der Waals surface area contributed by atoms with Crippen LogP contribution in [-0.2, 0) is 4.79 Å². The number of rotatable bonds is 3. The van der Waals surface area contributed by atoms with E-state index in [1.54, 1.807) is 4.90 Å². The normalized spacial score (nSPS) is 24.9. The zero-order valence-corrected chi connectivity index (χ0v) is 12.4. The monoisotopic (exact) mass is 283 g/mol. The number of piperazine rings is 1. The van der Waals surface area contributed by atoms with Gasteiger partial charge in [-0.2, -0.15) is 0 Å². The van der Waals surface area contributed by atoms with Crippen molar-refractivity contribution >= 4 is 12.0 Å². The first-order chi connectivity index (χ1) is 9.49. The van der Waals surface area contributed by atoms with Crippen LogP contribution >= 0.6 is 0 Å². The molecule has 1 N–H and O–H groups in total. The maximum Gasteiger partial charge on any atom is 0.323 e. The van der Waals surface area contributed by atoms with Gasteiger partial charge in [-0.25, -0.2) is 4.79 Å². The average molecular weight is 283 g/mol. The molecule has 1 aliphatic carbocycles. The Balaban J connectivity index is 2.03. The van der Waals surface area contributed by atoms with E-state index in [0.717, 1.165) is 32.2 Å². The van der Waals surface area contributed by atoms with E-state index >= 15 is 0 Å². The zero-order valence-electron chi connectivity index (χ0n) is 12.4. The summed E-state index contributed by atoms with van der Waals surface area (Å²) >= 11 is 0. The number of carbonyl (C=O) groups is 2. The van der Waals surface area contributed by atoms with Crippen molar-refractivity contribution < 1.29 is 14.7 Å². The number of amides is 2. The van der Waals surface area contributed by atoms with Gasteiger partial charge in [0.05, 0.1) is 0 Å². The third kappa shape index (κ3) is 3.42. The quantitative estimate of drug-likeness (QED) is 0.841. The third-order valence-corrected chi connectivity index (χ3v) is 4.55. The molecule has 0 radical (unpaired) electrons. The summed E-state index contributed by atoms with van der Waals surface area (Å²) < 4.78 is 0. The molecule has 6 nitrogen and oxygen atoms in total. The minimum absolute atomic E-state index is 0.0979. The van der Waals surface area contributed by atoms with Gasteiger partial charge in [0, 0.05) is 31.7 Å². The van der Waals surface area contributed by atoms with E-state index in [9.17, 15) is 9.59 Å². The Morgan fingerprint density at radius 2 is 1.90 bits per heavy atom. The molecule has 2 aliphatic rings. The lowest BCUT2D eigenvalue weighted by Crippen LogP contribution is -2.57. The van der Waals surface area contributed by atoms with Crippen molar-refractivity contribution in [2.45, 2.75) is 44.7 Å². The molecule has 1 saturated heterocycles. The first-order valence-electron chi connectivity index (χ1n) is 7.46. The van der Waals surface area contributed by atoms with Crippen LogP contribution in [0.1, 0.15) is 32.6 Å². The molecule has 0 aromatic heterocycles. The molecule has 2 amide bonds. The summed E-state index contributed by atoms with van der Waals surface area (Å²) in [4.78, 5) is 29.3. The van der Waals surface area contributed by atoms with E-state index in [0.29, 0.717) is 19.1 Å². The summed E-state index contributed by atoms with van der Waals surface area (Å²) in [5.74, 6) is -0.924. The van der Waals surface area contributed by atoms with E-state index in [-0.39, 0.29) is 18.6 Å². The Labute approximate surface area is 120 Å². The number of nitrogens with zero attached hydrogens (tertiary/aromatic N) is 3. The predicted molar refractivity (Wildman–Crippen MR) is 75.7 cm³/mol. The van der Waals surface area contributed by atoms with Crippen molar-refractivity contribution in [2.24, 2.45) is 0 Å². The van der Waals surface area contributed by atoms with Crippen molar-refractivity contribution in [2.75, 3.05) is 33.2 Å². The molecule has 2 rings (SSSR count). The highest BCUT2D eigenvalue weighted by molar-refractivity contribution is 5.80. The summed E-state index contributed by atoms with van der Waals surface area (Å²) in [5.41, 5.74) is 0. The molecule has 0 aromatic carbocycles. The highest BCUT2D eigenvalue weighted by Gasteiger charge is 2.33. The van der Waals surface area contributed by atoms with E-state index in [1.807, 2.05) is 4.90 Å². The van der Waals surface area contributed by atoms with Crippen LogP contribution in [0.25, 0.3) is 0 Å². The molecule has 0 aromatic rings. The fraction of sp³-hybridized carbons (Fsp3) is 0.857. The number of urea groups is 1. The molecule has 20 heavy (non-hydrogen) atoms. The number of likely N-dealkylation sites (N-methyl/N-ethyl adjacent to an activating group) is 1. The number of aliphatic carboxylic acids is 1. The molecule has 0 spiro atoms. The smallest absolute Gasteiger partial charge is 0.323 e. The second-order valence-corrected chi connectivity index (χ2v) is 6.02. The predicted octanol–water partition coefficient (Wildman–Crippen LogP) is 1.07. The Hall–Kier alpha value is -1.30. The Kier molecular flexibility index (Phi) is 4.86. The third-order valence-electron chi connectivity index (χ3n) is 4.55. The SMILES string of the molecule is CC1CN(C(=O)N(CC(=O)O)C2CCCC2)CCN1C. The highest BCUT2D eigenvalue weighted by atomic mass is 16.4. The lowest BCUT2D eigenvalue weighted by Gasteiger charge is -2.41. The van der Waals surface area contributed by atoms with E-state index in [2.05, 4.69) is 18.9 Å². The molecular formula is C14H25N3O3. The molecule has 1 aliphatic heterocycles. The van der Waals surface area contributed by atoms with Gasteiger partial charge in [-0.15, -0.1) is 0 Å². The van der Waals surface area contributed by atoms with Gasteiger partial charge in [0.15, 0.2) is 0 Å². The molecular weight excluding hydrogens is 258 g/mol. The second kappa shape index (κ2) is 6.43. The first-order valence-corrected chi connectivity index (χ1v) is 7.46. The Morgan fingerprint density at radius 3 is 2.45 bits per heavy atom. The largest absolute Gasteiger partial charge is 0.480 e. The van der Waals surface area contributed by atoms with Crippen LogP contribution in [0.2, 0.25) is 0 Å². The van der Waals surface area contributed by atoms with Gasteiger partial charge in [0.2, 0.25) is 0 Å². The Bertz CT molecular complexity index is 369. The van der Waals surface area contributed by atoms with Gasteiger partial charge in [-0.3, -0.25) is 4.79 Å². The molecule has 114 valence electrons. The number of carbonyl (C=O) groups excluding carboxylic acids is 1. The summed E-state index contributed by atoms with van der Waals surface area (Å²) in [6.07, 6.45) is 4.05. The first kappa shape index (κ1) is 15.1. The fourth-order valence-electron chi connectivity index (χ4n) is 3.12. The summed E-state index contributed by atoms with van der Waals surface area (Å²) in [6, 6.07) is 0.329. The van der Waals surface area contributed by atoms with Gasteiger partial charge in [0.1, 0.15) is 6.54 Å². The maximum absolute atomic E-state index is 12.6. The van der Waals surface area contributed by atoms with Gasteiger partial charge in [-0.1, -0.05) is 12.8 Å². The summed E-state index contributed by atoms with van der Waals surface area (Å²) in [7, 11) is 2.05. The summed E-state index contributed by atoms with van der Waals surface area (Å²) in [5, 5.41) is 9.06. The van der Waals surface area contributed by atoms with Crippen molar-refractivity contribution in [3.8, 4) is 0 Å². The number of hydrogen-bond acceptors (Lipinski definition) is 3. The van der Waals surface area contributed by atoms with Crippen molar-refractivity contribution in [1.29, 1.82) is 0 Å². The number of carboxylic acid groups (broad SMARTS) is 1. The zero-order chi connectivity index (χ0) is 14.7. The number of hydrogen-bond donors (Lipinski definition) is 1. The van der Waals surface area contributed by atoms with Gasteiger partial charge in [0.25, 0.3) is 0 Å². The van der Waals surface area contributed by atoms with E-state index in [4.69, 9.17) is 5.11 Å².